The largest absolute Gasteiger partial charge is 0.459 e. The van der Waals surface area contributed by atoms with Gasteiger partial charge in [0.1, 0.15) is 18.8 Å². The highest BCUT2D eigenvalue weighted by Crippen LogP contribution is 2.32. The third-order valence-corrected chi connectivity index (χ3v) is 6.31. The maximum absolute atomic E-state index is 13.0. The van der Waals surface area contributed by atoms with Crippen LogP contribution in [0.15, 0.2) is 42.5 Å². The number of rotatable bonds is 13. The Morgan fingerprint density at radius 3 is 2.67 bits per heavy atom. The van der Waals surface area contributed by atoms with Gasteiger partial charge in [0.2, 0.25) is 5.91 Å². The molecular weight excluding hydrogens is 462 g/mol. The van der Waals surface area contributed by atoms with Crippen molar-refractivity contribution in [1.82, 2.24) is 15.7 Å². The van der Waals surface area contributed by atoms with Gasteiger partial charge in [-0.25, -0.2) is 10.3 Å². The van der Waals surface area contributed by atoms with Gasteiger partial charge >= 0.3 is 12.1 Å². The van der Waals surface area contributed by atoms with Crippen molar-refractivity contribution in [2.24, 2.45) is 5.92 Å². The molecule has 1 aliphatic carbocycles. The number of amides is 2. The van der Waals surface area contributed by atoms with Crippen LogP contribution in [0.3, 0.4) is 0 Å². The van der Waals surface area contributed by atoms with Gasteiger partial charge < -0.3 is 14.8 Å². The van der Waals surface area contributed by atoms with Crippen molar-refractivity contribution in [2.75, 3.05) is 19.7 Å². The molecule has 9 heteroatoms. The summed E-state index contributed by atoms with van der Waals surface area (Å²) in [5.41, 5.74) is 2.65. The number of hydroxylamine groups is 1. The fourth-order valence-electron chi connectivity index (χ4n) is 4.18. The van der Waals surface area contributed by atoms with Crippen LogP contribution in [0.25, 0.3) is 0 Å². The lowest BCUT2D eigenvalue weighted by atomic mass is 9.96. The van der Waals surface area contributed by atoms with Gasteiger partial charge in [0, 0.05) is 19.4 Å². The van der Waals surface area contributed by atoms with Crippen LogP contribution in [0, 0.1) is 18.3 Å². The molecule has 1 heterocycles. The maximum Gasteiger partial charge on any atom is 0.407 e. The molecule has 0 unspecified atom stereocenters. The van der Waals surface area contributed by atoms with Crippen molar-refractivity contribution < 1.29 is 29.1 Å². The van der Waals surface area contributed by atoms with Crippen molar-refractivity contribution in [1.29, 1.82) is 0 Å². The molecule has 3 N–H and O–H groups in total. The number of esters is 1. The molecule has 0 radical (unpaired) electrons. The number of hydrogen-bond acceptors (Lipinski definition) is 7. The van der Waals surface area contributed by atoms with Crippen LogP contribution in [-0.4, -0.2) is 66.0 Å². The van der Waals surface area contributed by atoms with Gasteiger partial charge in [-0.05, 0) is 37.2 Å². The van der Waals surface area contributed by atoms with Crippen molar-refractivity contribution in [3.63, 3.8) is 0 Å². The number of allylic oxidation sites excluding steroid dienone is 1. The SMILES string of the molecule is C#CCN1[C@H](/C=C/C2CC2)[C@H](Cc2ccccc2)OC(=O)[C@@H]1COC(=O)NCCCCCC(=O)NO. The predicted molar refractivity (Wildman–Crippen MR) is 133 cm³/mol. The van der Waals surface area contributed by atoms with Gasteiger partial charge in [0.15, 0.2) is 0 Å². The van der Waals surface area contributed by atoms with Crippen LogP contribution in [0.5, 0.6) is 0 Å². The van der Waals surface area contributed by atoms with Gasteiger partial charge in [-0.15, -0.1) is 6.42 Å². The zero-order valence-electron chi connectivity index (χ0n) is 20.4. The first-order chi connectivity index (χ1) is 17.5. The van der Waals surface area contributed by atoms with E-state index in [-0.39, 0.29) is 25.6 Å². The van der Waals surface area contributed by atoms with Crippen LogP contribution >= 0.6 is 0 Å². The van der Waals surface area contributed by atoms with Gasteiger partial charge in [0.05, 0.1) is 12.6 Å². The lowest BCUT2D eigenvalue weighted by Crippen LogP contribution is -2.60. The summed E-state index contributed by atoms with van der Waals surface area (Å²) in [6.07, 6.45) is 13.9. The molecule has 9 nitrogen and oxygen atoms in total. The Labute approximate surface area is 212 Å². The summed E-state index contributed by atoms with van der Waals surface area (Å²) in [6, 6.07) is 8.82. The summed E-state index contributed by atoms with van der Waals surface area (Å²) in [5.74, 6) is 2.29. The quantitative estimate of drug-likeness (QED) is 0.0958. The molecule has 1 aromatic carbocycles. The predicted octanol–water partition coefficient (Wildman–Crippen LogP) is 2.59. The molecule has 36 heavy (non-hydrogen) atoms. The molecule has 3 atom stereocenters. The molecule has 1 aromatic rings. The topological polar surface area (TPSA) is 117 Å². The van der Waals surface area contributed by atoms with Crippen LogP contribution in [0.2, 0.25) is 0 Å². The summed E-state index contributed by atoms with van der Waals surface area (Å²) in [6.45, 7) is 0.417. The number of carbonyl (C=O) groups is 3. The Hall–Kier alpha value is -3.35. The zero-order valence-corrected chi connectivity index (χ0v) is 20.4. The highest BCUT2D eigenvalue weighted by atomic mass is 16.6. The highest BCUT2D eigenvalue weighted by Gasteiger charge is 2.43. The van der Waals surface area contributed by atoms with E-state index in [1.807, 2.05) is 35.2 Å². The number of nitrogens with one attached hydrogen (secondary N) is 2. The lowest BCUT2D eigenvalue weighted by Gasteiger charge is -2.42. The Bertz CT molecular complexity index is 941. The first kappa shape index (κ1) is 27.2. The van der Waals surface area contributed by atoms with E-state index in [2.05, 4.69) is 23.4 Å². The van der Waals surface area contributed by atoms with E-state index >= 15 is 0 Å². The normalized spacial score (nSPS) is 22.0. The van der Waals surface area contributed by atoms with Crippen molar-refractivity contribution in [2.45, 2.75) is 63.1 Å². The van der Waals surface area contributed by atoms with Crippen LogP contribution in [0.1, 0.15) is 44.1 Å². The minimum Gasteiger partial charge on any atom is -0.459 e. The fourth-order valence-corrected chi connectivity index (χ4v) is 4.18. The minimum absolute atomic E-state index is 0.172. The Morgan fingerprint density at radius 1 is 1.19 bits per heavy atom. The second-order valence-electron chi connectivity index (χ2n) is 9.14. The molecule has 1 saturated carbocycles. The summed E-state index contributed by atoms with van der Waals surface area (Å²) in [4.78, 5) is 38.1. The summed E-state index contributed by atoms with van der Waals surface area (Å²) in [5, 5.41) is 11.1. The molecule has 0 bridgehead atoms. The second-order valence-corrected chi connectivity index (χ2v) is 9.14. The van der Waals surface area contributed by atoms with Gasteiger partial charge in [-0.2, -0.15) is 0 Å². The molecule has 2 amide bonds. The van der Waals surface area contributed by atoms with Crippen LogP contribution in [0.4, 0.5) is 4.79 Å². The molecular formula is C27H35N3O6. The van der Waals surface area contributed by atoms with Crippen molar-refractivity contribution >= 4 is 18.0 Å². The number of ether oxygens (including phenoxy) is 2. The highest BCUT2D eigenvalue weighted by molar-refractivity contribution is 5.78. The monoisotopic (exact) mass is 497 g/mol. The van der Waals surface area contributed by atoms with E-state index in [0.717, 1.165) is 18.4 Å². The van der Waals surface area contributed by atoms with E-state index in [9.17, 15) is 14.4 Å². The number of nitrogens with zero attached hydrogens (tertiary/aromatic N) is 1. The number of terminal acetylenes is 1. The summed E-state index contributed by atoms with van der Waals surface area (Å²) >= 11 is 0. The van der Waals surface area contributed by atoms with Crippen molar-refractivity contribution in [3.05, 3.63) is 48.0 Å². The average molecular weight is 498 g/mol. The number of carbonyl (C=O) groups excluding carboxylic acids is 3. The number of unbranched alkanes of at least 4 members (excludes halogenated alkanes) is 2. The number of benzene rings is 1. The third-order valence-electron chi connectivity index (χ3n) is 6.31. The van der Waals surface area contributed by atoms with E-state index in [4.69, 9.17) is 21.1 Å². The number of alkyl carbamates (subject to hydrolysis) is 1. The van der Waals surface area contributed by atoms with E-state index in [1.54, 1.807) is 5.48 Å². The maximum atomic E-state index is 13.0. The Kier molecular flexibility index (Phi) is 10.8. The number of cyclic esters (lactones) is 1. The Morgan fingerprint density at radius 2 is 1.97 bits per heavy atom. The smallest absolute Gasteiger partial charge is 0.407 e. The zero-order chi connectivity index (χ0) is 25.8. The molecule has 1 saturated heterocycles. The molecule has 194 valence electrons. The first-order valence-corrected chi connectivity index (χ1v) is 12.5. The molecule has 0 aromatic heterocycles. The molecule has 3 rings (SSSR count). The van der Waals surface area contributed by atoms with Crippen LogP contribution < -0.4 is 10.8 Å². The first-order valence-electron chi connectivity index (χ1n) is 12.5. The molecule has 0 spiro atoms. The van der Waals surface area contributed by atoms with Gasteiger partial charge in [0.25, 0.3) is 0 Å². The Balaban J connectivity index is 1.56. The van der Waals surface area contributed by atoms with Gasteiger partial charge in [-0.1, -0.05) is 54.8 Å². The lowest BCUT2D eigenvalue weighted by molar-refractivity contribution is -0.172. The third kappa shape index (κ3) is 8.70. The van der Waals surface area contributed by atoms with Crippen molar-refractivity contribution in [3.8, 4) is 12.3 Å². The standard InChI is InChI=1S/C27H35N3O6/c1-2-17-30-22(15-14-20-12-13-20)24(18-21-9-5-3-6-10-21)36-26(32)23(30)19-35-27(33)28-16-8-4-7-11-25(31)29-34/h1,3,5-6,9-10,14-15,20,22-24,34H,4,7-8,11-13,16-19H2,(H,28,33)(H,29,31)/b15-14+/t22-,23+,24+/m1/s1. The number of morpholine rings is 1. The van der Waals surface area contributed by atoms with E-state index in [1.165, 1.54) is 0 Å². The molecule has 1 aliphatic heterocycles. The van der Waals surface area contributed by atoms with Crippen LogP contribution in [-0.2, 0) is 25.5 Å². The van der Waals surface area contributed by atoms with E-state index in [0.29, 0.717) is 38.1 Å². The average Bonchev–Trinajstić information content (AvgIpc) is 3.70. The summed E-state index contributed by atoms with van der Waals surface area (Å²) in [7, 11) is 0. The van der Waals surface area contributed by atoms with E-state index < -0.39 is 30.1 Å². The fraction of sp³-hybridized carbons (Fsp3) is 0.519. The second kappa shape index (κ2) is 14.3. The summed E-state index contributed by atoms with van der Waals surface area (Å²) < 4.78 is 11.2. The molecule has 2 aliphatic rings. The molecule has 2 fully saturated rings. The minimum atomic E-state index is -0.801. The van der Waals surface area contributed by atoms with Gasteiger partial charge in [-0.3, -0.25) is 19.7 Å². The number of hydrogen-bond donors (Lipinski definition) is 3.